The van der Waals surface area contributed by atoms with Gasteiger partial charge >= 0.3 is 0 Å². The molecule has 1 aromatic rings. The standard InChI is InChI=1S/C14H22ClNS/c1-4-11(2)9-12(16-3)10-17-14-8-6-5-7-13(14)15/h5-8,11-12,16H,4,9-10H2,1-3H3. The number of nitrogens with one attached hydrogen (secondary N) is 1. The van der Waals surface area contributed by atoms with Crippen LogP contribution in [0.25, 0.3) is 0 Å². The lowest BCUT2D eigenvalue weighted by Crippen LogP contribution is -2.29. The van der Waals surface area contributed by atoms with Crippen molar-refractivity contribution in [3.63, 3.8) is 0 Å². The third kappa shape index (κ3) is 5.33. The lowest BCUT2D eigenvalue weighted by molar-refractivity contribution is 0.436. The molecule has 1 aromatic carbocycles. The average Bonchev–Trinajstić information content (AvgIpc) is 2.35. The van der Waals surface area contributed by atoms with Crippen LogP contribution in [0.5, 0.6) is 0 Å². The van der Waals surface area contributed by atoms with E-state index in [1.165, 1.54) is 17.7 Å². The van der Waals surface area contributed by atoms with Gasteiger partial charge in [-0.1, -0.05) is 44.0 Å². The minimum Gasteiger partial charge on any atom is -0.316 e. The van der Waals surface area contributed by atoms with Crippen molar-refractivity contribution in [2.24, 2.45) is 5.92 Å². The van der Waals surface area contributed by atoms with Crippen LogP contribution in [0.2, 0.25) is 5.02 Å². The lowest BCUT2D eigenvalue weighted by atomic mass is 10.0. The maximum atomic E-state index is 6.14. The SMILES string of the molecule is CCC(C)CC(CSc1ccccc1Cl)NC. The van der Waals surface area contributed by atoms with Crippen LogP contribution in [0, 0.1) is 5.92 Å². The molecule has 0 aromatic heterocycles. The third-order valence-electron chi connectivity index (χ3n) is 3.07. The summed E-state index contributed by atoms with van der Waals surface area (Å²) < 4.78 is 0. The highest BCUT2D eigenvalue weighted by Crippen LogP contribution is 2.27. The summed E-state index contributed by atoms with van der Waals surface area (Å²) in [5, 5.41) is 4.25. The Labute approximate surface area is 114 Å². The molecule has 1 rings (SSSR count). The number of halogens is 1. The molecule has 0 bridgehead atoms. The van der Waals surface area contributed by atoms with Crippen LogP contribution in [0.15, 0.2) is 29.2 Å². The van der Waals surface area contributed by atoms with E-state index in [1.54, 1.807) is 0 Å². The molecule has 0 saturated carbocycles. The molecule has 1 nitrogen and oxygen atoms in total. The highest BCUT2D eigenvalue weighted by Gasteiger charge is 2.11. The zero-order chi connectivity index (χ0) is 12.7. The maximum absolute atomic E-state index is 6.14. The second-order valence-electron chi connectivity index (χ2n) is 4.48. The normalized spacial score (nSPS) is 14.6. The topological polar surface area (TPSA) is 12.0 Å². The predicted molar refractivity (Wildman–Crippen MR) is 79.1 cm³/mol. The van der Waals surface area contributed by atoms with Crippen LogP contribution in [-0.2, 0) is 0 Å². The molecule has 0 amide bonds. The van der Waals surface area contributed by atoms with E-state index in [0.717, 1.165) is 16.7 Å². The van der Waals surface area contributed by atoms with E-state index >= 15 is 0 Å². The molecule has 3 heteroatoms. The Morgan fingerprint density at radius 2 is 2.06 bits per heavy atom. The molecular formula is C14H22ClNS. The summed E-state index contributed by atoms with van der Waals surface area (Å²) in [4.78, 5) is 1.18. The number of hydrogen-bond acceptors (Lipinski definition) is 2. The van der Waals surface area contributed by atoms with Crippen molar-refractivity contribution in [1.29, 1.82) is 0 Å². The third-order valence-corrected chi connectivity index (χ3v) is 4.75. The fourth-order valence-electron chi connectivity index (χ4n) is 1.67. The Balaban J connectivity index is 2.45. The van der Waals surface area contributed by atoms with Crippen molar-refractivity contribution in [3.8, 4) is 0 Å². The second kappa shape index (κ2) is 8.02. The van der Waals surface area contributed by atoms with Crippen LogP contribution in [0.1, 0.15) is 26.7 Å². The van der Waals surface area contributed by atoms with Crippen LogP contribution >= 0.6 is 23.4 Å². The highest BCUT2D eigenvalue weighted by atomic mass is 35.5. The van der Waals surface area contributed by atoms with Gasteiger partial charge in [-0.15, -0.1) is 11.8 Å². The van der Waals surface area contributed by atoms with Crippen molar-refractivity contribution < 1.29 is 0 Å². The quantitative estimate of drug-likeness (QED) is 0.735. The zero-order valence-electron chi connectivity index (χ0n) is 10.9. The fourth-order valence-corrected chi connectivity index (χ4v) is 3.04. The van der Waals surface area contributed by atoms with Crippen molar-refractivity contribution in [2.45, 2.75) is 37.6 Å². The van der Waals surface area contributed by atoms with Gasteiger partial charge in [0.05, 0.1) is 5.02 Å². The van der Waals surface area contributed by atoms with Gasteiger partial charge in [-0.2, -0.15) is 0 Å². The van der Waals surface area contributed by atoms with Gasteiger partial charge in [0.15, 0.2) is 0 Å². The van der Waals surface area contributed by atoms with Crippen molar-refractivity contribution in [1.82, 2.24) is 5.32 Å². The molecule has 2 atom stereocenters. The minimum absolute atomic E-state index is 0.561. The minimum atomic E-state index is 0.561. The van der Waals surface area contributed by atoms with Crippen LogP contribution in [-0.4, -0.2) is 18.8 Å². The molecule has 2 unspecified atom stereocenters. The van der Waals surface area contributed by atoms with Gasteiger partial charge in [-0.25, -0.2) is 0 Å². The molecule has 17 heavy (non-hydrogen) atoms. The predicted octanol–water partition coefficient (Wildman–Crippen LogP) is 4.46. The van der Waals surface area contributed by atoms with E-state index in [2.05, 4.69) is 25.2 Å². The highest BCUT2D eigenvalue weighted by molar-refractivity contribution is 7.99. The first-order valence-electron chi connectivity index (χ1n) is 6.22. The molecule has 96 valence electrons. The van der Waals surface area contributed by atoms with Gasteiger partial charge in [0.25, 0.3) is 0 Å². The van der Waals surface area contributed by atoms with Crippen LogP contribution in [0.4, 0.5) is 0 Å². The van der Waals surface area contributed by atoms with E-state index < -0.39 is 0 Å². The van der Waals surface area contributed by atoms with Crippen LogP contribution in [0.3, 0.4) is 0 Å². The summed E-state index contributed by atoms with van der Waals surface area (Å²) in [6.07, 6.45) is 2.47. The van der Waals surface area contributed by atoms with Gasteiger partial charge in [0.2, 0.25) is 0 Å². The monoisotopic (exact) mass is 271 g/mol. The summed E-state index contributed by atoms with van der Waals surface area (Å²) in [6, 6.07) is 8.61. The van der Waals surface area contributed by atoms with Crippen LogP contribution < -0.4 is 5.32 Å². The number of thioether (sulfide) groups is 1. The summed E-state index contributed by atoms with van der Waals surface area (Å²) in [7, 11) is 2.04. The van der Waals surface area contributed by atoms with Gasteiger partial charge < -0.3 is 5.32 Å². The second-order valence-corrected chi connectivity index (χ2v) is 5.95. The largest absolute Gasteiger partial charge is 0.316 e. The molecular weight excluding hydrogens is 250 g/mol. The van der Waals surface area contributed by atoms with Crippen molar-refractivity contribution >= 4 is 23.4 Å². The number of rotatable bonds is 7. The molecule has 0 spiro atoms. The maximum Gasteiger partial charge on any atom is 0.0541 e. The Morgan fingerprint density at radius 1 is 1.35 bits per heavy atom. The molecule has 0 aliphatic heterocycles. The fraction of sp³-hybridized carbons (Fsp3) is 0.571. The zero-order valence-corrected chi connectivity index (χ0v) is 12.4. The summed E-state index contributed by atoms with van der Waals surface area (Å²) in [5.74, 6) is 1.85. The van der Waals surface area contributed by atoms with Crippen molar-refractivity contribution in [3.05, 3.63) is 29.3 Å². The van der Waals surface area contributed by atoms with Gasteiger partial charge in [-0.05, 0) is 31.5 Å². The smallest absolute Gasteiger partial charge is 0.0541 e. The molecule has 0 fully saturated rings. The van der Waals surface area contributed by atoms with Crippen molar-refractivity contribution in [2.75, 3.05) is 12.8 Å². The Morgan fingerprint density at radius 3 is 2.65 bits per heavy atom. The molecule has 0 radical (unpaired) electrons. The first-order valence-corrected chi connectivity index (χ1v) is 7.58. The summed E-state index contributed by atoms with van der Waals surface area (Å²) >= 11 is 7.98. The first kappa shape index (κ1) is 14.9. The summed E-state index contributed by atoms with van der Waals surface area (Å²) in [6.45, 7) is 4.56. The van der Waals surface area contributed by atoms with E-state index in [-0.39, 0.29) is 0 Å². The van der Waals surface area contributed by atoms with Gasteiger partial charge in [-0.3, -0.25) is 0 Å². The average molecular weight is 272 g/mol. The Bertz CT molecular complexity index is 330. The molecule has 0 aliphatic carbocycles. The van der Waals surface area contributed by atoms with E-state index in [4.69, 9.17) is 11.6 Å². The molecule has 0 saturated heterocycles. The number of hydrogen-bond donors (Lipinski definition) is 1. The Hall–Kier alpha value is -0.180. The molecule has 0 aliphatic rings. The van der Waals surface area contributed by atoms with E-state index in [9.17, 15) is 0 Å². The molecule has 0 heterocycles. The van der Waals surface area contributed by atoms with E-state index in [1.807, 2.05) is 37.0 Å². The lowest BCUT2D eigenvalue weighted by Gasteiger charge is -2.19. The molecule has 1 N–H and O–H groups in total. The Kier molecular flexibility index (Phi) is 7.02. The van der Waals surface area contributed by atoms with Gasteiger partial charge in [0.1, 0.15) is 0 Å². The number of benzene rings is 1. The summed E-state index contributed by atoms with van der Waals surface area (Å²) in [5.41, 5.74) is 0. The van der Waals surface area contributed by atoms with Gasteiger partial charge in [0, 0.05) is 16.7 Å². The van der Waals surface area contributed by atoms with E-state index in [0.29, 0.717) is 6.04 Å². The first-order chi connectivity index (χ1) is 8.17.